The molecule has 0 aliphatic rings. The van der Waals surface area contributed by atoms with E-state index in [-0.39, 0.29) is 6.04 Å². The Kier molecular flexibility index (Phi) is 3.48. The smallest absolute Gasteiger partial charge is 0.0931 e. The Morgan fingerprint density at radius 1 is 1.16 bits per heavy atom. The molecular formula is C14H12ClN3S. The van der Waals surface area contributed by atoms with Crippen LogP contribution in [0, 0.1) is 0 Å². The highest BCUT2D eigenvalue weighted by Gasteiger charge is 2.17. The van der Waals surface area contributed by atoms with Crippen LogP contribution in [0.15, 0.2) is 48.8 Å². The molecule has 0 saturated carbocycles. The quantitative estimate of drug-likeness (QED) is 0.573. The van der Waals surface area contributed by atoms with Crippen LogP contribution in [0.5, 0.6) is 0 Å². The number of hydrogen-bond acceptors (Lipinski definition) is 4. The molecule has 2 heterocycles. The van der Waals surface area contributed by atoms with Gasteiger partial charge in [-0.1, -0.05) is 35.9 Å². The molecule has 0 bridgehead atoms. The van der Waals surface area contributed by atoms with Crippen LogP contribution in [-0.4, -0.2) is 4.98 Å². The van der Waals surface area contributed by atoms with Gasteiger partial charge in [-0.2, -0.15) is 0 Å². The van der Waals surface area contributed by atoms with Crippen molar-refractivity contribution in [2.75, 3.05) is 0 Å². The maximum atomic E-state index is 6.00. The molecule has 3 aromatic rings. The van der Waals surface area contributed by atoms with Gasteiger partial charge < -0.3 is 0 Å². The van der Waals surface area contributed by atoms with Crippen LogP contribution in [-0.2, 0) is 0 Å². The van der Waals surface area contributed by atoms with E-state index in [0.29, 0.717) is 0 Å². The molecule has 19 heavy (non-hydrogen) atoms. The summed E-state index contributed by atoms with van der Waals surface area (Å²) < 4.78 is 0.753. The summed E-state index contributed by atoms with van der Waals surface area (Å²) in [5.74, 6) is 5.72. The van der Waals surface area contributed by atoms with Gasteiger partial charge in [-0.3, -0.25) is 10.8 Å². The van der Waals surface area contributed by atoms with Crippen molar-refractivity contribution in [1.29, 1.82) is 0 Å². The Morgan fingerprint density at radius 2 is 2.00 bits per heavy atom. The molecule has 1 atom stereocenters. The third kappa shape index (κ3) is 2.35. The SMILES string of the molecule is NNC(c1ccc(Cl)s1)c1cncc2ccccc12. The lowest BCUT2D eigenvalue weighted by Crippen LogP contribution is -2.28. The third-order valence-corrected chi connectivity index (χ3v) is 4.35. The first-order valence-corrected chi connectivity index (χ1v) is 7.03. The molecule has 1 aromatic carbocycles. The fraction of sp³-hybridized carbons (Fsp3) is 0.0714. The predicted octanol–water partition coefficient (Wildman–Crippen LogP) is 3.50. The molecule has 96 valence electrons. The van der Waals surface area contributed by atoms with Crippen LogP contribution >= 0.6 is 22.9 Å². The molecule has 3 nitrogen and oxygen atoms in total. The summed E-state index contributed by atoms with van der Waals surface area (Å²) in [5, 5.41) is 2.24. The van der Waals surface area contributed by atoms with Gasteiger partial charge in [0.05, 0.1) is 10.4 Å². The number of nitrogens with one attached hydrogen (secondary N) is 1. The Morgan fingerprint density at radius 3 is 2.74 bits per heavy atom. The van der Waals surface area contributed by atoms with E-state index in [1.807, 2.05) is 42.7 Å². The molecule has 0 aliphatic heterocycles. The molecule has 3 N–H and O–H groups in total. The van der Waals surface area contributed by atoms with Crippen LogP contribution in [0.4, 0.5) is 0 Å². The topological polar surface area (TPSA) is 50.9 Å². The lowest BCUT2D eigenvalue weighted by molar-refractivity contribution is 0.648. The number of pyridine rings is 1. The molecule has 0 radical (unpaired) electrons. The van der Waals surface area contributed by atoms with Gasteiger partial charge in [-0.05, 0) is 17.5 Å². The molecule has 0 aliphatic carbocycles. The second-order valence-corrected chi connectivity index (χ2v) is 5.94. The maximum Gasteiger partial charge on any atom is 0.0931 e. The summed E-state index contributed by atoms with van der Waals surface area (Å²) >= 11 is 7.52. The van der Waals surface area contributed by atoms with Crippen LogP contribution in [0.1, 0.15) is 16.5 Å². The molecule has 5 heteroatoms. The summed E-state index contributed by atoms with van der Waals surface area (Å²) in [7, 11) is 0. The van der Waals surface area contributed by atoms with Crippen LogP contribution in [0.25, 0.3) is 10.8 Å². The summed E-state index contributed by atoms with van der Waals surface area (Å²) in [5.41, 5.74) is 3.91. The van der Waals surface area contributed by atoms with Gasteiger partial charge in [0.15, 0.2) is 0 Å². The highest BCUT2D eigenvalue weighted by Crippen LogP contribution is 2.33. The monoisotopic (exact) mass is 289 g/mol. The zero-order valence-electron chi connectivity index (χ0n) is 10.0. The van der Waals surface area contributed by atoms with Crippen molar-refractivity contribution in [3.05, 3.63) is 63.6 Å². The van der Waals surface area contributed by atoms with Crippen molar-refractivity contribution in [2.45, 2.75) is 6.04 Å². The minimum absolute atomic E-state index is 0.101. The van der Waals surface area contributed by atoms with E-state index < -0.39 is 0 Å². The zero-order valence-corrected chi connectivity index (χ0v) is 11.6. The number of rotatable bonds is 3. The first-order valence-electron chi connectivity index (χ1n) is 5.83. The zero-order chi connectivity index (χ0) is 13.2. The number of nitrogens with zero attached hydrogens (tertiary/aromatic N) is 1. The first-order chi connectivity index (χ1) is 9.29. The molecule has 1 unspecified atom stereocenters. The Labute approximate surface area is 120 Å². The van der Waals surface area contributed by atoms with Crippen molar-refractivity contribution in [1.82, 2.24) is 10.4 Å². The maximum absolute atomic E-state index is 6.00. The number of nitrogens with two attached hydrogens (primary N) is 1. The van der Waals surface area contributed by atoms with Crippen molar-refractivity contribution in [3.63, 3.8) is 0 Å². The van der Waals surface area contributed by atoms with Crippen molar-refractivity contribution in [2.24, 2.45) is 5.84 Å². The first kappa shape index (κ1) is 12.6. The largest absolute Gasteiger partial charge is 0.271 e. The van der Waals surface area contributed by atoms with E-state index in [9.17, 15) is 0 Å². The fourth-order valence-corrected chi connectivity index (χ4v) is 3.32. The lowest BCUT2D eigenvalue weighted by atomic mass is 10.0. The van der Waals surface area contributed by atoms with E-state index in [1.54, 1.807) is 0 Å². The Balaban J connectivity index is 2.16. The standard InChI is InChI=1S/C14H12ClN3S/c15-13-6-5-12(19-13)14(18-16)11-8-17-7-9-3-1-2-4-10(9)11/h1-8,14,18H,16H2. The molecule has 2 aromatic heterocycles. The van der Waals surface area contributed by atoms with Gasteiger partial charge in [-0.15, -0.1) is 11.3 Å². The van der Waals surface area contributed by atoms with Crippen LogP contribution in [0.3, 0.4) is 0 Å². The van der Waals surface area contributed by atoms with E-state index in [2.05, 4.69) is 16.5 Å². The second kappa shape index (κ2) is 5.27. The number of hydrazine groups is 1. The number of thiophene rings is 1. The van der Waals surface area contributed by atoms with Gasteiger partial charge in [0.1, 0.15) is 0 Å². The molecular weight excluding hydrogens is 278 g/mol. The summed E-state index contributed by atoms with van der Waals surface area (Å²) in [6.45, 7) is 0. The highest BCUT2D eigenvalue weighted by molar-refractivity contribution is 7.16. The molecule has 0 spiro atoms. The van der Waals surface area contributed by atoms with E-state index in [4.69, 9.17) is 17.4 Å². The van der Waals surface area contributed by atoms with E-state index in [0.717, 1.165) is 25.5 Å². The number of hydrogen-bond donors (Lipinski definition) is 2. The van der Waals surface area contributed by atoms with Crippen LogP contribution in [0.2, 0.25) is 4.34 Å². The molecule has 0 amide bonds. The van der Waals surface area contributed by atoms with E-state index >= 15 is 0 Å². The van der Waals surface area contributed by atoms with E-state index in [1.165, 1.54) is 11.3 Å². The Bertz CT molecular complexity index is 705. The number of benzene rings is 1. The Hall–Kier alpha value is -1.46. The summed E-state index contributed by atoms with van der Waals surface area (Å²) in [4.78, 5) is 5.36. The number of halogens is 1. The number of fused-ring (bicyclic) bond motifs is 1. The molecule has 0 saturated heterocycles. The van der Waals surface area contributed by atoms with Gasteiger partial charge in [-0.25, -0.2) is 5.43 Å². The van der Waals surface area contributed by atoms with Gasteiger partial charge >= 0.3 is 0 Å². The minimum atomic E-state index is -0.101. The highest BCUT2D eigenvalue weighted by atomic mass is 35.5. The molecule has 3 rings (SSSR count). The average molecular weight is 290 g/mol. The minimum Gasteiger partial charge on any atom is -0.271 e. The normalized spacial score (nSPS) is 12.7. The third-order valence-electron chi connectivity index (χ3n) is 3.06. The van der Waals surface area contributed by atoms with Gasteiger partial charge in [0.2, 0.25) is 0 Å². The van der Waals surface area contributed by atoms with Gasteiger partial charge in [0.25, 0.3) is 0 Å². The average Bonchev–Trinajstić information content (AvgIpc) is 2.86. The second-order valence-electron chi connectivity index (χ2n) is 4.19. The van der Waals surface area contributed by atoms with Crippen LogP contribution < -0.4 is 11.3 Å². The predicted molar refractivity (Wildman–Crippen MR) is 80.2 cm³/mol. The van der Waals surface area contributed by atoms with Gasteiger partial charge in [0, 0.05) is 28.2 Å². The fourth-order valence-electron chi connectivity index (χ4n) is 2.18. The van der Waals surface area contributed by atoms with Crippen molar-refractivity contribution in [3.8, 4) is 0 Å². The number of aromatic nitrogens is 1. The van der Waals surface area contributed by atoms with Crippen molar-refractivity contribution >= 4 is 33.7 Å². The summed E-state index contributed by atoms with van der Waals surface area (Å²) in [6.07, 6.45) is 3.70. The van der Waals surface area contributed by atoms with Crippen molar-refractivity contribution < 1.29 is 0 Å². The summed E-state index contributed by atoms with van der Waals surface area (Å²) in [6, 6.07) is 11.9. The molecule has 0 fully saturated rings. The lowest BCUT2D eigenvalue weighted by Gasteiger charge is -2.16.